The second kappa shape index (κ2) is 13.0. The van der Waals surface area contributed by atoms with Crippen LogP contribution in [0.5, 0.6) is 0 Å². The van der Waals surface area contributed by atoms with Gasteiger partial charge < -0.3 is 10.2 Å². The Labute approximate surface area is 322 Å². The lowest BCUT2D eigenvalue weighted by molar-refractivity contribution is 0.748. The van der Waals surface area contributed by atoms with Crippen LogP contribution in [0.25, 0.3) is 71.8 Å². The number of fused-ring (bicyclic) bond motifs is 5. The molecule has 1 unspecified atom stereocenters. The minimum absolute atomic E-state index is 0.0436. The molecule has 0 bridgehead atoms. The van der Waals surface area contributed by atoms with E-state index in [0.29, 0.717) is 0 Å². The van der Waals surface area contributed by atoms with E-state index >= 15 is 0 Å². The van der Waals surface area contributed by atoms with E-state index in [2.05, 4.69) is 192 Å². The molecule has 0 amide bonds. The van der Waals surface area contributed by atoms with E-state index < -0.39 is 0 Å². The van der Waals surface area contributed by atoms with Crippen molar-refractivity contribution in [3.63, 3.8) is 0 Å². The summed E-state index contributed by atoms with van der Waals surface area (Å²) >= 11 is 0. The predicted molar refractivity (Wildman–Crippen MR) is 234 cm³/mol. The van der Waals surface area contributed by atoms with Crippen molar-refractivity contribution >= 4 is 49.8 Å². The van der Waals surface area contributed by atoms with Crippen molar-refractivity contribution in [2.24, 2.45) is 0 Å². The van der Waals surface area contributed by atoms with Crippen molar-refractivity contribution in [2.45, 2.75) is 31.8 Å². The molecule has 8 aromatic carbocycles. The van der Waals surface area contributed by atoms with E-state index in [-0.39, 0.29) is 6.17 Å². The van der Waals surface area contributed by atoms with E-state index in [1.807, 2.05) is 0 Å². The molecule has 3 aliphatic rings. The molecule has 2 aliphatic carbocycles. The second-order valence-electron chi connectivity index (χ2n) is 15.2. The van der Waals surface area contributed by atoms with Crippen molar-refractivity contribution in [1.29, 1.82) is 0 Å². The van der Waals surface area contributed by atoms with Crippen LogP contribution in [-0.4, -0.2) is 0 Å². The number of hydrogen-bond acceptors (Lipinski definition) is 2. The zero-order chi connectivity index (χ0) is 36.3. The van der Waals surface area contributed by atoms with Crippen molar-refractivity contribution in [2.75, 3.05) is 10.2 Å². The van der Waals surface area contributed by atoms with Gasteiger partial charge in [-0.1, -0.05) is 152 Å². The molecule has 1 heterocycles. The third kappa shape index (κ3) is 5.40. The summed E-state index contributed by atoms with van der Waals surface area (Å²) in [6.45, 7) is 0. The number of allylic oxidation sites excluding steroid dienone is 5. The van der Waals surface area contributed by atoms with Gasteiger partial charge in [-0.05, 0) is 138 Å². The SMILES string of the molecule is C1=CCCC(N2c3ccccc3NC2c2ccc(-c3ccc4c(-c5ccc6ccccc6c5)c5ccccc5c(-c5ccc6c(c5)CCC=C6)c4c3)cc2)=C1. The van der Waals surface area contributed by atoms with Crippen molar-refractivity contribution in [3.8, 4) is 33.4 Å². The number of hydrogen-bond donors (Lipinski definition) is 1. The minimum atomic E-state index is 0.0436. The van der Waals surface area contributed by atoms with Gasteiger partial charge in [0.1, 0.15) is 6.17 Å². The highest BCUT2D eigenvalue weighted by molar-refractivity contribution is 6.22. The fourth-order valence-electron chi connectivity index (χ4n) is 9.27. The Morgan fingerprint density at radius 3 is 2.05 bits per heavy atom. The summed E-state index contributed by atoms with van der Waals surface area (Å²) in [5, 5.41) is 11.5. The van der Waals surface area contributed by atoms with E-state index in [4.69, 9.17) is 0 Å². The van der Waals surface area contributed by atoms with Gasteiger partial charge in [0, 0.05) is 5.70 Å². The summed E-state index contributed by atoms with van der Waals surface area (Å²) in [6.07, 6.45) is 15.6. The predicted octanol–water partition coefficient (Wildman–Crippen LogP) is 14.3. The lowest BCUT2D eigenvalue weighted by Gasteiger charge is -2.30. The molecular weight excluding hydrogens is 665 g/mol. The first-order valence-corrected chi connectivity index (χ1v) is 19.7. The second-order valence-corrected chi connectivity index (χ2v) is 15.2. The zero-order valence-electron chi connectivity index (χ0n) is 30.7. The lowest BCUT2D eigenvalue weighted by atomic mass is 9.83. The maximum atomic E-state index is 3.84. The normalized spacial score (nSPS) is 16.0. The van der Waals surface area contributed by atoms with Crippen LogP contribution in [0.1, 0.15) is 42.1 Å². The summed E-state index contributed by atoms with van der Waals surface area (Å²) in [7, 11) is 0. The Bertz CT molecular complexity index is 2910. The van der Waals surface area contributed by atoms with Crippen LogP contribution in [-0.2, 0) is 6.42 Å². The highest BCUT2D eigenvalue weighted by Crippen LogP contribution is 2.47. The average Bonchev–Trinajstić information content (AvgIpc) is 3.65. The minimum Gasteiger partial charge on any atom is -0.359 e. The molecule has 0 radical (unpaired) electrons. The van der Waals surface area contributed by atoms with Crippen molar-refractivity contribution in [3.05, 3.63) is 198 Å². The average molecular weight is 705 g/mol. The van der Waals surface area contributed by atoms with E-state index in [9.17, 15) is 0 Å². The maximum Gasteiger partial charge on any atom is 0.130 e. The van der Waals surface area contributed by atoms with Gasteiger partial charge in [-0.25, -0.2) is 0 Å². The summed E-state index contributed by atoms with van der Waals surface area (Å²) in [6, 6.07) is 56.8. The molecule has 0 fully saturated rings. The molecule has 55 heavy (non-hydrogen) atoms. The number of aryl methyl sites for hydroxylation is 1. The van der Waals surface area contributed by atoms with E-state index in [0.717, 1.165) is 25.7 Å². The summed E-state index contributed by atoms with van der Waals surface area (Å²) < 4.78 is 0. The molecular formula is C53H40N2. The van der Waals surface area contributed by atoms with Gasteiger partial charge in [0.2, 0.25) is 0 Å². The topological polar surface area (TPSA) is 15.3 Å². The van der Waals surface area contributed by atoms with Crippen LogP contribution in [0.4, 0.5) is 11.4 Å². The molecule has 1 aliphatic heterocycles. The fraction of sp³-hybridized carbons (Fsp3) is 0.0943. The number of para-hydroxylation sites is 2. The number of nitrogens with zero attached hydrogens (tertiary/aromatic N) is 1. The first kappa shape index (κ1) is 31.8. The van der Waals surface area contributed by atoms with E-state index in [1.54, 1.807) is 0 Å². The molecule has 2 nitrogen and oxygen atoms in total. The van der Waals surface area contributed by atoms with Gasteiger partial charge in [0.25, 0.3) is 0 Å². The molecule has 0 saturated carbocycles. The van der Waals surface area contributed by atoms with Crippen LogP contribution < -0.4 is 10.2 Å². The molecule has 262 valence electrons. The van der Waals surface area contributed by atoms with Crippen molar-refractivity contribution in [1.82, 2.24) is 0 Å². The highest BCUT2D eigenvalue weighted by atomic mass is 15.3. The number of benzene rings is 8. The molecule has 0 saturated heterocycles. The van der Waals surface area contributed by atoms with Crippen LogP contribution in [0.2, 0.25) is 0 Å². The largest absolute Gasteiger partial charge is 0.359 e. The first-order chi connectivity index (χ1) is 27.3. The summed E-state index contributed by atoms with van der Waals surface area (Å²) in [4.78, 5) is 2.49. The van der Waals surface area contributed by atoms with Crippen LogP contribution >= 0.6 is 0 Å². The Hall–Kier alpha value is -6.64. The maximum absolute atomic E-state index is 3.84. The number of anilines is 2. The molecule has 11 rings (SSSR count). The highest BCUT2D eigenvalue weighted by Gasteiger charge is 2.32. The Morgan fingerprint density at radius 2 is 1.20 bits per heavy atom. The molecule has 0 spiro atoms. The van der Waals surface area contributed by atoms with Gasteiger partial charge >= 0.3 is 0 Å². The molecule has 0 aromatic heterocycles. The zero-order valence-corrected chi connectivity index (χ0v) is 30.7. The van der Waals surface area contributed by atoms with Gasteiger partial charge in [-0.15, -0.1) is 0 Å². The summed E-state index contributed by atoms with van der Waals surface area (Å²) in [5.41, 5.74) is 15.4. The molecule has 2 heteroatoms. The smallest absolute Gasteiger partial charge is 0.130 e. The van der Waals surface area contributed by atoms with Gasteiger partial charge in [-0.3, -0.25) is 0 Å². The monoisotopic (exact) mass is 704 g/mol. The Balaban J connectivity index is 1.08. The fourth-order valence-corrected chi connectivity index (χ4v) is 9.27. The first-order valence-electron chi connectivity index (χ1n) is 19.7. The number of rotatable bonds is 5. The third-order valence-corrected chi connectivity index (χ3v) is 11.9. The molecule has 1 N–H and O–H groups in total. The van der Waals surface area contributed by atoms with Gasteiger partial charge in [-0.2, -0.15) is 0 Å². The van der Waals surface area contributed by atoms with Crippen molar-refractivity contribution < 1.29 is 0 Å². The third-order valence-electron chi connectivity index (χ3n) is 11.9. The number of nitrogens with one attached hydrogen (secondary N) is 1. The molecule has 8 aromatic rings. The Morgan fingerprint density at radius 1 is 0.509 bits per heavy atom. The molecule has 1 atom stereocenters. The van der Waals surface area contributed by atoms with Gasteiger partial charge in [0.05, 0.1) is 11.4 Å². The van der Waals surface area contributed by atoms with Crippen LogP contribution in [0, 0.1) is 0 Å². The summed E-state index contributed by atoms with van der Waals surface area (Å²) in [5.74, 6) is 0. The Kier molecular flexibility index (Phi) is 7.55. The van der Waals surface area contributed by atoms with Crippen LogP contribution in [0.15, 0.2) is 182 Å². The standard InChI is InChI=1S/C53H40N2/c1-2-16-44(17-3-1)55-50-21-11-10-20-49(50)54-53(55)38-26-22-37(23-27-38)41-30-31-47-48(34-41)52(43-29-25-36-13-5-7-15-40(36)33-43)46-19-9-8-18-45(46)51(47)42-28-24-35-12-4-6-14-39(35)32-42/h1-2,4-6,8-14,16,18-34,53-54H,3,7,15,17H2. The lowest BCUT2D eigenvalue weighted by Crippen LogP contribution is -2.27. The van der Waals surface area contributed by atoms with Crippen LogP contribution in [0.3, 0.4) is 0 Å². The van der Waals surface area contributed by atoms with E-state index in [1.165, 1.54) is 99.5 Å². The quantitative estimate of drug-likeness (QED) is 0.179. The van der Waals surface area contributed by atoms with Gasteiger partial charge in [0.15, 0.2) is 0 Å².